The van der Waals surface area contributed by atoms with Crippen molar-refractivity contribution in [2.75, 3.05) is 11.9 Å². The van der Waals surface area contributed by atoms with Gasteiger partial charge in [0.2, 0.25) is 0 Å². The van der Waals surface area contributed by atoms with E-state index in [1.807, 2.05) is 30.3 Å². The first-order valence-electron chi connectivity index (χ1n) is 7.11. The van der Waals surface area contributed by atoms with Crippen LogP contribution in [-0.2, 0) is 12.6 Å². The van der Waals surface area contributed by atoms with E-state index in [4.69, 9.17) is 0 Å². The molecule has 0 saturated heterocycles. The summed E-state index contributed by atoms with van der Waals surface area (Å²) in [6.07, 6.45) is -2.85. The zero-order chi connectivity index (χ0) is 16.3. The van der Waals surface area contributed by atoms with E-state index in [0.29, 0.717) is 16.9 Å². The second-order valence-electron chi connectivity index (χ2n) is 5.03. The van der Waals surface area contributed by atoms with Crippen molar-refractivity contribution in [2.45, 2.75) is 19.0 Å². The third-order valence-corrected chi connectivity index (χ3v) is 3.31. The van der Waals surface area contributed by atoms with Crippen LogP contribution < -0.4 is 5.32 Å². The largest absolute Gasteiger partial charge is 0.453 e. The van der Waals surface area contributed by atoms with Crippen LogP contribution in [0, 0.1) is 0 Å². The number of anilines is 1. The maximum Gasteiger partial charge on any atom is 0.453 e. The van der Waals surface area contributed by atoms with Gasteiger partial charge in [0, 0.05) is 6.54 Å². The summed E-state index contributed by atoms with van der Waals surface area (Å²) in [5, 5.41) is 13.5. The Kier molecular flexibility index (Phi) is 4.14. The molecule has 0 unspecified atom stereocenters. The smallest absolute Gasteiger partial charge is 0.369 e. The predicted octanol–water partition coefficient (Wildman–Crippen LogP) is 3.19. The number of aromatic nitrogens is 4. The van der Waals surface area contributed by atoms with Crippen molar-refractivity contribution in [3.63, 3.8) is 0 Å². The first-order chi connectivity index (χ1) is 11.0. The molecule has 0 atom stereocenters. The van der Waals surface area contributed by atoms with E-state index in [2.05, 4.69) is 20.6 Å². The number of fused-ring (bicyclic) bond motifs is 1. The number of nitrogens with one attached hydrogen (secondary N) is 1. The fraction of sp³-hybridized carbons (Fsp3) is 0.267. The molecule has 0 radical (unpaired) electrons. The summed E-state index contributed by atoms with van der Waals surface area (Å²) in [7, 11) is 0. The van der Waals surface area contributed by atoms with Crippen molar-refractivity contribution in [2.24, 2.45) is 0 Å². The third kappa shape index (κ3) is 3.58. The van der Waals surface area contributed by atoms with E-state index in [1.165, 1.54) is 11.6 Å². The van der Waals surface area contributed by atoms with Crippen molar-refractivity contribution in [1.82, 2.24) is 19.8 Å². The lowest BCUT2D eigenvalue weighted by atomic mass is 10.1. The number of hydrogen-bond acceptors (Lipinski definition) is 4. The molecule has 0 bridgehead atoms. The molecule has 0 aliphatic carbocycles. The summed E-state index contributed by atoms with van der Waals surface area (Å²) >= 11 is 0. The minimum absolute atomic E-state index is 0.0622. The van der Waals surface area contributed by atoms with Crippen LogP contribution >= 0.6 is 0 Å². The quantitative estimate of drug-likeness (QED) is 0.733. The van der Waals surface area contributed by atoms with Crippen LogP contribution in [0.1, 0.15) is 17.8 Å². The summed E-state index contributed by atoms with van der Waals surface area (Å²) in [5.41, 5.74) is 1.28. The Balaban J connectivity index is 1.64. The fourth-order valence-electron chi connectivity index (χ4n) is 2.21. The van der Waals surface area contributed by atoms with E-state index in [9.17, 15) is 13.2 Å². The van der Waals surface area contributed by atoms with Crippen LogP contribution in [0.2, 0.25) is 0 Å². The topological polar surface area (TPSA) is 55.1 Å². The standard InChI is InChI=1S/C15H14F3N5/c16-15(17,18)14-21-20-13-9-8-12(22-23(13)14)19-10-4-7-11-5-2-1-3-6-11/h1-3,5-6,8-9H,4,7,10H2,(H,19,22). The third-order valence-electron chi connectivity index (χ3n) is 3.31. The highest BCUT2D eigenvalue weighted by molar-refractivity contribution is 5.44. The Morgan fingerprint density at radius 2 is 1.78 bits per heavy atom. The molecule has 0 aliphatic rings. The Morgan fingerprint density at radius 3 is 2.52 bits per heavy atom. The van der Waals surface area contributed by atoms with E-state index >= 15 is 0 Å². The molecular formula is C15H14F3N5. The fourth-order valence-corrected chi connectivity index (χ4v) is 2.21. The molecule has 5 nitrogen and oxygen atoms in total. The summed E-state index contributed by atoms with van der Waals surface area (Å²) < 4.78 is 39.1. The van der Waals surface area contributed by atoms with Crippen LogP contribution in [0.5, 0.6) is 0 Å². The molecule has 8 heteroatoms. The molecule has 0 amide bonds. The van der Waals surface area contributed by atoms with Crippen LogP contribution in [0.4, 0.5) is 19.0 Å². The van der Waals surface area contributed by atoms with Gasteiger partial charge < -0.3 is 5.32 Å². The maximum atomic E-state index is 12.8. The highest BCUT2D eigenvalue weighted by Crippen LogP contribution is 2.27. The monoisotopic (exact) mass is 321 g/mol. The van der Waals surface area contributed by atoms with Gasteiger partial charge in [-0.3, -0.25) is 0 Å². The lowest BCUT2D eigenvalue weighted by Gasteiger charge is -2.07. The summed E-state index contributed by atoms with van der Waals surface area (Å²) in [4.78, 5) is 0. The molecule has 2 aromatic heterocycles. The van der Waals surface area contributed by atoms with Gasteiger partial charge in [0.1, 0.15) is 5.82 Å². The number of aryl methyl sites for hydroxylation is 1. The van der Waals surface area contributed by atoms with Gasteiger partial charge in [0.25, 0.3) is 5.82 Å². The molecule has 0 fully saturated rings. The van der Waals surface area contributed by atoms with Crippen molar-refractivity contribution in [1.29, 1.82) is 0 Å². The van der Waals surface area contributed by atoms with Crippen molar-refractivity contribution in [3.8, 4) is 0 Å². The number of benzene rings is 1. The average Bonchev–Trinajstić information content (AvgIpc) is 2.96. The molecule has 0 spiro atoms. The molecule has 0 aliphatic heterocycles. The molecule has 1 N–H and O–H groups in total. The number of hydrogen-bond donors (Lipinski definition) is 1. The minimum Gasteiger partial charge on any atom is -0.369 e. The SMILES string of the molecule is FC(F)(F)c1nnc2ccc(NCCCc3ccccc3)nn12. The molecule has 3 aromatic rings. The molecule has 0 saturated carbocycles. The number of nitrogens with zero attached hydrogens (tertiary/aromatic N) is 4. The number of alkyl halides is 3. The lowest BCUT2D eigenvalue weighted by molar-refractivity contribution is -0.146. The Morgan fingerprint density at radius 1 is 1.00 bits per heavy atom. The normalized spacial score (nSPS) is 11.8. The Bertz CT molecular complexity index is 783. The van der Waals surface area contributed by atoms with E-state index < -0.39 is 12.0 Å². The maximum absolute atomic E-state index is 12.8. The Hall–Kier alpha value is -2.64. The van der Waals surface area contributed by atoms with Crippen molar-refractivity contribution in [3.05, 3.63) is 53.9 Å². The van der Waals surface area contributed by atoms with E-state index in [-0.39, 0.29) is 5.65 Å². The van der Waals surface area contributed by atoms with Gasteiger partial charge in [0.05, 0.1) is 0 Å². The second kappa shape index (κ2) is 6.23. The highest BCUT2D eigenvalue weighted by Gasteiger charge is 2.37. The molecule has 3 rings (SSSR count). The first kappa shape index (κ1) is 15.3. The molecule has 23 heavy (non-hydrogen) atoms. The molecule has 120 valence electrons. The van der Waals surface area contributed by atoms with E-state index in [0.717, 1.165) is 12.8 Å². The van der Waals surface area contributed by atoms with Crippen LogP contribution in [0.3, 0.4) is 0 Å². The highest BCUT2D eigenvalue weighted by atomic mass is 19.4. The van der Waals surface area contributed by atoms with Gasteiger partial charge in [-0.05, 0) is 30.5 Å². The minimum atomic E-state index is -4.58. The predicted molar refractivity (Wildman–Crippen MR) is 79.0 cm³/mol. The lowest BCUT2D eigenvalue weighted by Crippen LogP contribution is -2.14. The molecule has 1 aromatic carbocycles. The van der Waals surface area contributed by atoms with Crippen molar-refractivity contribution >= 4 is 11.5 Å². The first-order valence-corrected chi connectivity index (χ1v) is 7.11. The molecule has 2 heterocycles. The Labute approximate surface area is 130 Å². The number of rotatable bonds is 5. The van der Waals surface area contributed by atoms with Crippen LogP contribution in [0.25, 0.3) is 5.65 Å². The van der Waals surface area contributed by atoms with Gasteiger partial charge in [-0.25, -0.2) is 0 Å². The van der Waals surface area contributed by atoms with Crippen LogP contribution in [-0.4, -0.2) is 26.4 Å². The van der Waals surface area contributed by atoms with Gasteiger partial charge in [-0.2, -0.15) is 17.7 Å². The summed E-state index contributed by atoms with van der Waals surface area (Å²) in [6, 6.07) is 13.0. The summed E-state index contributed by atoms with van der Waals surface area (Å²) in [6.45, 7) is 0.608. The summed E-state index contributed by atoms with van der Waals surface area (Å²) in [5.74, 6) is -0.767. The zero-order valence-corrected chi connectivity index (χ0v) is 12.1. The van der Waals surface area contributed by atoms with Gasteiger partial charge in [-0.15, -0.1) is 15.3 Å². The van der Waals surface area contributed by atoms with E-state index in [1.54, 1.807) is 6.07 Å². The zero-order valence-electron chi connectivity index (χ0n) is 12.1. The van der Waals surface area contributed by atoms with Gasteiger partial charge >= 0.3 is 6.18 Å². The van der Waals surface area contributed by atoms with Crippen molar-refractivity contribution < 1.29 is 13.2 Å². The average molecular weight is 321 g/mol. The van der Waals surface area contributed by atoms with Crippen LogP contribution in [0.15, 0.2) is 42.5 Å². The number of halogens is 3. The van der Waals surface area contributed by atoms with Gasteiger partial charge in [0.15, 0.2) is 5.65 Å². The second-order valence-corrected chi connectivity index (χ2v) is 5.03. The molecular weight excluding hydrogens is 307 g/mol. The van der Waals surface area contributed by atoms with Gasteiger partial charge in [-0.1, -0.05) is 30.3 Å².